The predicted molar refractivity (Wildman–Crippen MR) is 139 cm³/mol. The summed E-state index contributed by atoms with van der Waals surface area (Å²) < 4.78 is 1.97. The normalized spacial score (nSPS) is 11.3. The van der Waals surface area contributed by atoms with E-state index in [1.54, 1.807) is 24.7 Å². The van der Waals surface area contributed by atoms with Gasteiger partial charge >= 0.3 is 0 Å². The molecule has 10 radical (unpaired) electrons. The van der Waals surface area contributed by atoms with E-state index in [1.807, 2.05) is 29.9 Å². The van der Waals surface area contributed by atoms with Gasteiger partial charge in [-0.3, -0.25) is 0 Å². The van der Waals surface area contributed by atoms with Gasteiger partial charge in [-0.1, -0.05) is 35.7 Å². The van der Waals surface area contributed by atoms with Gasteiger partial charge in [0.2, 0.25) is 0 Å². The van der Waals surface area contributed by atoms with E-state index >= 15 is 0 Å². The summed E-state index contributed by atoms with van der Waals surface area (Å²) in [6.07, 6.45) is 8.82. The second-order valence-corrected chi connectivity index (χ2v) is 7.49. The Balaban J connectivity index is 1.58. The first-order chi connectivity index (χ1) is 15.3. The molecule has 0 amide bonds. The van der Waals surface area contributed by atoms with Crippen LogP contribution in [0, 0.1) is 0 Å². The summed E-state index contributed by atoms with van der Waals surface area (Å²) in [7, 11) is 31.7. The van der Waals surface area contributed by atoms with Crippen molar-refractivity contribution >= 4 is 89.2 Å². The molecule has 0 aliphatic heterocycles. The van der Waals surface area contributed by atoms with Crippen LogP contribution in [0.3, 0.4) is 0 Å². The van der Waals surface area contributed by atoms with Crippen molar-refractivity contribution in [1.82, 2.24) is 14.5 Å². The number of nitrogens with zero attached hydrogens (tertiary/aromatic N) is 3. The molecule has 0 aliphatic rings. The van der Waals surface area contributed by atoms with Crippen LogP contribution in [-0.2, 0) is 7.05 Å². The van der Waals surface area contributed by atoms with E-state index in [4.69, 9.17) is 39.2 Å². The van der Waals surface area contributed by atoms with Crippen LogP contribution in [-0.4, -0.2) is 53.8 Å². The minimum Gasteiger partial charge on any atom is -0.341 e. The lowest BCUT2D eigenvalue weighted by Crippen LogP contribution is -2.55. The summed E-state index contributed by atoms with van der Waals surface area (Å²) >= 11 is 0. The molecule has 32 heavy (non-hydrogen) atoms. The Morgan fingerprint density at radius 1 is 0.938 bits per heavy atom. The molecular weight excluding hydrogens is 386 g/mol. The van der Waals surface area contributed by atoms with E-state index in [0.29, 0.717) is 17.1 Å². The first kappa shape index (κ1) is 21.9. The van der Waals surface area contributed by atoms with E-state index in [1.165, 1.54) is 0 Å². The number of imidazole rings is 1. The molecule has 0 bridgehead atoms. The van der Waals surface area contributed by atoms with Crippen molar-refractivity contribution in [3.8, 4) is 11.3 Å². The Kier molecular flexibility index (Phi) is 5.92. The zero-order chi connectivity index (χ0) is 23.0. The van der Waals surface area contributed by atoms with Gasteiger partial charge in [-0.2, -0.15) is 0 Å². The summed E-state index contributed by atoms with van der Waals surface area (Å²) in [5, 5.41) is 5.23. The summed E-state index contributed by atoms with van der Waals surface area (Å²) in [5.74, 6) is 0.645. The first-order valence-electron chi connectivity index (χ1n) is 9.78. The molecule has 2 aromatic heterocycles. The minimum atomic E-state index is 0.181. The maximum atomic E-state index is 6.06. The summed E-state index contributed by atoms with van der Waals surface area (Å²) in [6, 6.07) is 8.13. The van der Waals surface area contributed by atoms with Crippen molar-refractivity contribution in [3.05, 3.63) is 66.9 Å². The number of nitrogens with one attached hydrogen (secondary N) is 1. The van der Waals surface area contributed by atoms with Crippen LogP contribution in [0.1, 0.15) is 5.56 Å². The third kappa shape index (κ3) is 4.07. The van der Waals surface area contributed by atoms with Crippen molar-refractivity contribution < 1.29 is 0 Å². The van der Waals surface area contributed by atoms with E-state index in [2.05, 4.69) is 34.0 Å². The SMILES string of the molecule is [B]c1c([B])c([B])c(/C=C/C(=C)Nc2cc3cc(-c4cncn4C)ccc3cn2)c([B])c1[B]. The lowest BCUT2D eigenvalue weighted by atomic mass is 9.60. The number of hydrogen-bond acceptors (Lipinski definition) is 3. The van der Waals surface area contributed by atoms with Crippen LogP contribution in [0.2, 0.25) is 0 Å². The van der Waals surface area contributed by atoms with Gasteiger partial charge < -0.3 is 9.88 Å². The number of allylic oxidation sites excluding steroid dienone is 1. The first-order valence-corrected chi connectivity index (χ1v) is 9.78. The van der Waals surface area contributed by atoms with Gasteiger partial charge in [0.05, 0.1) is 18.2 Å². The van der Waals surface area contributed by atoms with Gasteiger partial charge in [-0.25, -0.2) is 9.97 Å². The lowest BCUT2D eigenvalue weighted by molar-refractivity contribution is 0.921. The predicted octanol–water partition coefficient (Wildman–Crippen LogP) is -0.757. The van der Waals surface area contributed by atoms with E-state index < -0.39 is 0 Å². The fraction of sp³-hybridized carbons (Fsp3) is 0.0435. The minimum absolute atomic E-state index is 0.181. The van der Waals surface area contributed by atoms with Crippen molar-refractivity contribution in [3.63, 3.8) is 0 Å². The lowest BCUT2D eigenvalue weighted by Gasteiger charge is -2.19. The van der Waals surface area contributed by atoms with E-state index in [0.717, 1.165) is 22.0 Å². The molecular formula is C23H15B5N4. The van der Waals surface area contributed by atoms with Crippen LogP contribution in [0.4, 0.5) is 5.82 Å². The highest BCUT2D eigenvalue weighted by Gasteiger charge is 2.09. The molecule has 0 saturated carbocycles. The fourth-order valence-corrected chi connectivity index (χ4v) is 3.44. The maximum Gasteiger partial charge on any atom is 0.130 e. The maximum absolute atomic E-state index is 6.06. The topological polar surface area (TPSA) is 42.7 Å². The number of benzene rings is 2. The zero-order valence-electron chi connectivity index (χ0n) is 17.6. The standard InChI is InChI=1S/C23H15B5N4/c1-12(3-6-16-19(24)21(26)23(28)22(27)20(16)25)31-18-8-15-7-13(4-5-14(15)9-30-18)17-10-29-11-32(17)2/h3-11H,1H2,2H3,(H,30,31)/b6-3+. The molecule has 0 aliphatic carbocycles. The molecule has 4 nitrogen and oxygen atoms in total. The summed E-state index contributed by atoms with van der Waals surface area (Å²) in [6.45, 7) is 4.02. The van der Waals surface area contributed by atoms with Crippen molar-refractivity contribution in [1.29, 1.82) is 0 Å². The molecule has 9 heteroatoms. The molecule has 2 aromatic carbocycles. The van der Waals surface area contributed by atoms with Gasteiger partial charge in [0, 0.05) is 29.9 Å². The Hall–Kier alpha value is -3.34. The van der Waals surface area contributed by atoms with Gasteiger partial charge in [0.15, 0.2) is 0 Å². The van der Waals surface area contributed by atoms with Crippen molar-refractivity contribution in [2.45, 2.75) is 0 Å². The number of fused-ring (bicyclic) bond motifs is 1. The van der Waals surface area contributed by atoms with Gasteiger partial charge in [0.25, 0.3) is 0 Å². The molecule has 142 valence electrons. The highest BCUT2D eigenvalue weighted by molar-refractivity contribution is 6.67. The van der Waals surface area contributed by atoms with Gasteiger partial charge in [-0.05, 0) is 29.2 Å². The van der Waals surface area contributed by atoms with Gasteiger partial charge in [0.1, 0.15) is 45.0 Å². The molecule has 4 aromatic rings. The number of rotatable bonds is 5. The third-order valence-electron chi connectivity index (χ3n) is 5.32. The van der Waals surface area contributed by atoms with Crippen LogP contribution < -0.4 is 32.6 Å². The smallest absolute Gasteiger partial charge is 0.130 e. The zero-order valence-corrected chi connectivity index (χ0v) is 17.6. The Morgan fingerprint density at radius 2 is 1.62 bits per heavy atom. The average Bonchev–Trinajstić information content (AvgIpc) is 3.21. The average molecular weight is 401 g/mol. The molecule has 0 unspecified atom stereocenters. The largest absolute Gasteiger partial charge is 0.341 e. The van der Waals surface area contributed by atoms with Crippen molar-refractivity contribution in [2.24, 2.45) is 7.05 Å². The Bertz CT molecular complexity index is 1360. The fourth-order valence-electron chi connectivity index (χ4n) is 3.44. The van der Waals surface area contributed by atoms with Gasteiger partial charge in [-0.15, -0.1) is 16.4 Å². The molecule has 4 rings (SSSR count). The quantitative estimate of drug-likeness (QED) is 0.353. The Morgan fingerprint density at radius 3 is 2.28 bits per heavy atom. The second-order valence-electron chi connectivity index (χ2n) is 7.49. The van der Waals surface area contributed by atoms with E-state index in [9.17, 15) is 0 Å². The second kappa shape index (κ2) is 8.66. The molecule has 1 N–H and O–H groups in total. The van der Waals surface area contributed by atoms with Crippen LogP contribution >= 0.6 is 0 Å². The number of anilines is 1. The monoisotopic (exact) mass is 402 g/mol. The number of aromatic nitrogens is 3. The number of aryl methyl sites for hydroxylation is 1. The summed E-state index contributed by atoms with van der Waals surface area (Å²) in [5.41, 5.74) is 4.29. The molecule has 0 spiro atoms. The van der Waals surface area contributed by atoms with Crippen LogP contribution in [0.5, 0.6) is 0 Å². The molecule has 0 atom stereocenters. The van der Waals surface area contributed by atoms with Crippen LogP contribution in [0.25, 0.3) is 28.1 Å². The highest BCUT2D eigenvalue weighted by atomic mass is 15.0. The Labute approximate surface area is 194 Å². The molecule has 0 fully saturated rings. The van der Waals surface area contributed by atoms with Crippen molar-refractivity contribution in [2.75, 3.05) is 5.32 Å². The number of pyridine rings is 1. The van der Waals surface area contributed by atoms with E-state index in [-0.39, 0.29) is 27.3 Å². The van der Waals surface area contributed by atoms with Crippen LogP contribution in [0.15, 0.2) is 61.3 Å². The molecule has 2 heterocycles. The summed E-state index contributed by atoms with van der Waals surface area (Å²) in [4.78, 5) is 8.64. The third-order valence-corrected chi connectivity index (χ3v) is 5.32. The molecule has 0 saturated heterocycles. The highest BCUT2D eigenvalue weighted by Crippen LogP contribution is 2.25. The number of hydrogen-bond donors (Lipinski definition) is 1.